The first kappa shape index (κ1) is 16.2. The van der Waals surface area contributed by atoms with Crippen molar-refractivity contribution in [2.24, 2.45) is 0 Å². The molecule has 1 fully saturated rings. The summed E-state index contributed by atoms with van der Waals surface area (Å²) in [5.74, 6) is 0. The van der Waals surface area contributed by atoms with Gasteiger partial charge < -0.3 is 10.1 Å². The van der Waals surface area contributed by atoms with Crippen LogP contribution in [0.1, 0.15) is 43.5 Å². The van der Waals surface area contributed by atoms with Crippen LogP contribution in [0.5, 0.6) is 6.01 Å². The first-order valence-electron chi connectivity index (χ1n) is 6.92. The molecule has 0 aliphatic carbocycles. The molecular formula is C14H24ClN3O. The average molecular weight is 286 g/mol. The van der Waals surface area contributed by atoms with Crippen molar-refractivity contribution in [2.75, 3.05) is 13.2 Å². The van der Waals surface area contributed by atoms with Crippen molar-refractivity contribution in [3.05, 3.63) is 17.5 Å². The SMILES string of the molecule is Cc1cc(C)nc(OCCCC2CCCCN2)n1.Cl. The number of ether oxygens (including phenoxy) is 1. The van der Waals surface area contributed by atoms with Gasteiger partial charge in [-0.25, -0.2) is 9.97 Å². The Hall–Kier alpha value is -0.870. The maximum atomic E-state index is 5.61. The molecule has 0 saturated carbocycles. The number of piperidine rings is 1. The Morgan fingerprint density at radius 1 is 1.26 bits per heavy atom. The molecule has 2 heterocycles. The molecule has 108 valence electrons. The number of nitrogens with zero attached hydrogens (tertiary/aromatic N) is 2. The van der Waals surface area contributed by atoms with Gasteiger partial charge >= 0.3 is 6.01 Å². The van der Waals surface area contributed by atoms with Crippen molar-refractivity contribution >= 4 is 12.4 Å². The van der Waals surface area contributed by atoms with Crippen molar-refractivity contribution in [1.82, 2.24) is 15.3 Å². The molecule has 19 heavy (non-hydrogen) atoms. The third-order valence-corrected chi connectivity index (χ3v) is 3.30. The predicted molar refractivity (Wildman–Crippen MR) is 79.1 cm³/mol. The number of rotatable bonds is 5. The molecule has 1 saturated heterocycles. The molecular weight excluding hydrogens is 262 g/mol. The molecule has 0 bridgehead atoms. The predicted octanol–water partition coefficient (Wildman–Crippen LogP) is 2.82. The zero-order valence-electron chi connectivity index (χ0n) is 11.8. The summed E-state index contributed by atoms with van der Waals surface area (Å²) in [5, 5.41) is 3.55. The summed E-state index contributed by atoms with van der Waals surface area (Å²) in [6, 6.07) is 3.16. The monoisotopic (exact) mass is 285 g/mol. The van der Waals surface area contributed by atoms with Crippen LogP contribution in [-0.2, 0) is 0 Å². The summed E-state index contributed by atoms with van der Waals surface area (Å²) in [6.07, 6.45) is 6.24. The van der Waals surface area contributed by atoms with Gasteiger partial charge in [-0.2, -0.15) is 0 Å². The van der Waals surface area contributed by atoms with Crippen LogP contribution in [-0.4, -0.2) is 29.2 Å². The lowest BCUT2D eigenvalue weighted by molar-refractivity contribution is 0.266. The lowest BCUT2D eigenvalue weighted by Gasteiger charge is -2.23. The van der Waals surface area contributed by atoms with E-state index in [-0.39, 0.29) is 12.4 Å². The molecule has 0 aromatic carbocycles. The van der Waals surface area contributed by atoms with Crippen molar-refractivity contribution in [1.29, 1.82) is 0 Å². The van der Waals surface area contributed by atoms with Crippen LogP contribution in [0, 0.1) is 13.8 Å². The molecule has 1 aliphatic rings. The first-order chi connectivity index (χ1) is 8.74. The Morgan fingerprint density at radius 2 is 2.00 bits per heavy atom. The fourth-order valence-corrected chi connectivity index (χ4v) is 2.42. The van der Waals surface area contributed by atoms with Gasteiger partial charge in [0.1, 0.15) is 0 Å². The Labute approximate surface area is 121 Å². The minimum Gasteiger partial charge on any atom is -0.463 e. The second-order valence-electron chi connectivity index (χ2n) is 5.07. The highest BCUT2D eigenvalue weighted by atomic mass is 35.5. The van der Waals surface area contributed by atoms with Crippen LogP contribution in [0.2, 0.25) is 0 Å². The standard InChI is InChI=1S/C14H23N3O.ClH/c1-11-10-12(2)17-14(16-11)18-9-5-7-13-6-3-4-8-15-13;/h10,13,15H,3-9H2,1-2H3;1H. The van der Waals surface area contributed by atoms with Gasteiger partial charge in [-0.3, -0.25) is 0 Å². The van der Waals surface area contributed by atoms with E-state index >= 15 is 0 Å². The number of hydrogen-bond acceptors (Lipinski definition) is 4. The summed E-state index contributed by atoms with van der Waals surface area (Å²) in [5.41, 5.74) is 1.93. The van der Waals surface area contributed by atoms with E-state index in [1.807, 2.05) is 19.9 Å². The highest BCUT2D eigenvalue weighted by Crippen LogP contribution is 2.12. The van der Waals surface area contributed by atoms with E-state index in [0.29, 0.717) is 18.7 Å². The molecule has 1 aromatic heterocycles. The normalized spacial score (nSPS) is 18.7. The van der Waals surface area contributed by atoms with Gasteiger partial charge in [0.2, 0.25) is 0 Å². The zero-order chi connectivity index (χ0) is 12.8. The number of hydrogen-bond donors (Lipinski definition) is 1. The molecule has 4 nitrogen and oxygen atoms in total. The van der Waals surface area contributed by atoms with E-state index in [1.54, 1.807) is 0 Å². The summed E-state index contributed by atoms with van der Waals surface area (Å²) < 4.78 is 5.61. The van der Waals surface area contributed by atoms with Crippen LogP contribution in [0.25, 0.3) is 0 Å². The van der Waals surface area contributed by atoms with Gasteiger partial charge in [0.05, 0.1) is 6.61 Å². The van der Waals surface area contributed by atoms with Gasteiger partial charge in [0.25, 0.3) is 0 Å². The van der Waals surface area contributed by atoms with E-state index in [4.69, 9.17) is 4.74 Å². The molecule has 1 aliphatic heterocycles. The quantitative estimate of drug-likeness (QED) is 0.845. The topological polar surface area (TPSA) is 47.0 Å². The van der Waals surface area contributed by atoms with E-state index < -0.39 is 0 Å². The third kappa shape index (κ3) is 5.74. The molecule has 0 spiro atoms. The van der Waals surface area contributed by atoms with Crippen LogP contribution in [0.15, 0.2) is 6.07 Å². The Kier molecular flexibility index (Phi) is 7.10. The van der Waals surface area contributed by atoms with Gasteiger partial charge in [-0.15, -0.1) is 12.4 Å². The fourth-order valence-electron chi connectivity index (χ4n) is 2.42. The highest BCUT2D eigenvalue weighted by Gasteiger charge is 2.11. The molecule has 1 unspecified atom stereocenters. The number of aryl methyl sites for hydroxylation is 2. The molecule has 5 heteroatoms. The Bertz CT molecular complexity index is 361. The molecule has 0 radical (unpaired) electrons. The van der Waals surface area contributed by atoms with E-state index in [1.165, 1.54) is 32.2 Å². The van der Waals surface area contributed by atoms with E-state index in [9.17, 15) is 0 Å². The summed E-state index contributed by atoms with van der Waals surface area (Å²) >= 11 is 0. The maximum absolute atomic E-state index is 5.61. The Balaban J connectivity index is 0.00000180. The average Bonchev–Trinajstić information content (AvgIpc) is 2.35. The van der Waals surface area contributed by atoms with Crippen LogP contribution < -0.4 is 10.1 Å². The molecule has 0 amide bonds. The third-order valence-electron chi connectivity index (χ3n) is 3.30. The zero-order valence-corrected chi connectivity index (χ0v) is 12.6. The smallest absolute Gasteiger partial charge is 0.316 e. The largest absolute Gasteiger partial charge is 0.463 e. The summed E-state index contributed by atoms with van der Waals surface area (Å²) in [6.45, 7) is 5.81. The Morgan fingerprint density at radius 3 is 2.63 bits per heavy atom. The molecule has 1 aromatic rings. The van der Waals surface area contributed by atoms with Crippen molar-refractivity contribution in [3.8, 4) is 6.01 Å². The molecule has 2 rings (SSSR count). The molecule has 1 atom stereocenters. The van der Waals surface area contributed by atoms with E-state index in [0.717, 1.165) is 17.8 Å². The van der Waals surface area contributed by atoms with Gasteiger partial charge in [-0.1, -0.05) is 6.42 Å². The van der Waals surface area contributed by atoms with Gasteiger partial charge in [-0.05, 0) is 52.1 Å². The number of halogens is 1. The van der Waals surface area contributed by atoms with Crippen LogP contribution in [0.3, 0.4) is 0 Å². The number of nitrogens with one attached hydrogen (secondary N) is 1. The maximum Gasteiger partial charge on any atom is 0.316 e. The summed E-state index contributed by atoms with van der Waals surface area (Å²) in [7, 11) is 0. The van der Waals surface area contributed by atoms with Crippen LogP contribution in [0.4, 0.5) is 0 Å². The lowest BCUT2D eigenvalue weighted by atomic mass is 10.0. The lowest BCUT2D eigenvalue weighted by Crippen LogP contribution is -2.34. The van der Waals surface area contributed by atoms with Gasteiger partial charge in [0.15, 0.2) is 0 Å². The van der Waals surface area contributed by atoms with Crippen LogP contribution >= 0.6 is 12.4 Å². The van der Waals surface area contributed by atoms with Crippen molar-refractivity contribution in [3.63, 3.8) is 0 Å². The van der Waals surface area contributed by atoms with Crippen molar-refractivity contribution < 1.29 is 4.74 Å². The van der Waals surface area contributed by atoms with Gasteiger partial charge in [0, 0.05) is 17.4 Å². The minimum absolute atomic E-state index is 0. The van der Waals surface area contributed by atoms with E-state index in [2.05, 4.69) is 15.3 Å². The number of aromatic nitrogens is 2. The second-order valence-corrected chi connectivity index (χ2v) is 5.07. The summed E-state index contributed by atoms with van der Waals surface area (Å²) in [4.78, 5) is 8.54. The fraction of sp³-hybridized carbons (Fsp3) is 0.714. The second kappa shape index (κ2) is 8.33. The first-order valence-corrected chi connectivity index (χ1v) is 6.92. The van der Waals surface area contributed by atoms with Crippen molar-refractivity contribution in [2.45, 2.75) is 52.0 Å². The molecule has 1 N–H and O–H groups in total. The highest BCUT2D eigenvalue weighted by molar-refractivity contribution is 5.85. The minimum atomic E-state index is 0.